The van der Waals surface area contributed by atoms with E-state index in [1.807, 2.05) is 13.8 Å². The quantitative estimate of drug-likeness (QED) is 0.792. The first-order chi connectivity index (χ1) is 11.3. The van der Waals surface area contributed by atoms with Gasteiger partial charge < -0.3 is 9.64 Å². The van der Waals surface area contributed by atoms with Crippen molar-refractivity contribution in [1.82, 2.24) is 9.21 Å². The number of halogens is 1. The number of carbonyl (C=O) groups is 1. The van der Waals surface area contributed by atoms with Crippen molar-refractivity contribution >= 4 is 27.5 Å². The number of sulfonamides is 1. The van der Waals surface area contributed by atoms with E-state index in [0.717, 1.165) is 5.56 Å². The average molecular weight is 375 g/mol. The molecule has 0 aromatic heterocycles. The summed E-state index contributed by atoms with van der Waals surface area (Å²) in [6.07, 6.45) is 0.584. The molecule has 0 aliphatic carbocycles. The number of aryl methyl sites for hydroxylation is 1. The lowest BCUT2D eigenvalue weighted by molar-refractivity contribution is 0.0694. The van der Waals surface area contributed by atoms with Crippen molar-refractivity contribution in [2.45, 2.75) is 20.3 Å². The molecule has 1 fully saturated rings. The Morgan fingerprint density at radius 2 is 1.88 bits per heavy atom. The summed E-state index contributed by atoms with van der Waals surface area (Å²) in [4.78, 5) is 14.4. The van der Waals surface area contributed by atoms with E-state index in [2.05, 4.69) is 0 Å². The average Bonchev–Trinajstić information content (AvgIpc) is 2.53. The van der Waals surface area contributed by atoms with Gasteiger partial charge in [-0.05, 0) is 31.0 Å². The molecule has 1 aromatic rings. The van der Waals surface area contributed by atoms with E-state index >= 15 is 0 Å². The molecule has 0 saturated carbocycles. The number of hydrogen-bond acceptors (Lipinski definition) is 4. The minimum Gasteiger partial charge on any atom is -0.496 e. The fraction of sp³-hybridized carbons (Fsp3) is 0.562. The molecule has 2 rings (SSSR count). The van der Waals surface area contributed by atoms with Gasteiger partial charge in [-0.2, -0.15) is 4.31 Å². The highest BCUT2D eigenvalue weighted by Gasteiger charge is 2.30. The summed E-state index contributed by atoms with van der Waals surface area (Å²) < 4.78 is 31.0. The topological polar surface area (TPSA) is 66.9 Å². The van der Waals surface area contributed by atoms with Crippen LogP contribution in [0.5, 0.6) is 5.75 Å². The number of carbonyl (C=O) groups excluding carboxylic acids is 1. The van der Waals surface area contributed by atoms with E-state index in [9.17, 15) is 13.2 Å². The normalized spacial score (nSPS) is 16.2. The molecule has 134 valence electrons. The molecule has 1 aromatic carbocycles. The van der Waals surface area contributed by atoms with E-state index in [-0.39, 0.29) is 11.7 Å². The van der Waals surface area contributed by atoms with Crippen LogP contribution >= 0.6 is 11.6 Å². The summed E-state index contributed by atoms with van der Waals surface area (Å²) in [7, 11) is -1.71. The molecule has 0 spiro atoms. The van der Waals surface area contributed by atoms with Crippen molar-refractivity contribution in [3.05, 3.63) is 28.3 Å². The highest BCUT2D eigenvalue weighted by molar-refractivity contribution is 7.89. The van der Waals surface area contributed by atoms with Crippen LogP contribution in [-0.4, -0.2) is 62.6 Å². The Morgan fingerprint density at radius 1 is 1.25 bits per heavy atom. The van der Waals surface area contributed by atoms with Crippen LogP contribution in [0.2, 0.25) is 5.02 Å². The monoisotopic (exact) mass is 374 g/mol. The number of piperazine rings is 1. The summed E-state index contributed by atoms with van der Waals surface area (Å²) in [6, 6.07) is 3.34. The van der Waals surface area contributed by atoms with Crippen molar-refractivity contribution in [2.75, 3.05) is 39.0 Å². The van der Waals surface area contributed by atoms with Crippen molar-refractivity contribution in [3.63, 3.8) is 0 Å². The van der Waals surface area contributed by atoms with Gasteiger partial charge in [-0.15, -0.1) is 0 Å². The van der Waals surface area contributed by atoms with E-state index < -0.39 is 10.0 Å². The molecular weight excluding hydrogens is 352 g/mol. The van der Waals surface area contributed by atoms with Crippen LogP contribution in [0, 0.1) is 6.92 Å². The molecule has 24 heavy (non-hydrogen) atoms. The predicted octanol–water partition coefficient (Wildman–Crippen LogP) is 2.15. The van der Waals surface area contributed by atoms with Crippen molar-refractivity contribution in [2.24, 2.45) is 0 Å². The number of amides is 1. The first kappa shape index (κ1) is 19.0. The number of nitrogens with zero attached hydrogens (tertiary/aromatic N) is 2. The van der Waals surface area contributed by atoms with Gasteiger partial charge in [0.15, 0.2) is 0 Å². The van der Waals surface area contributed by atoms with E-state index in [1.165, 1.54) is 11.4 Å². The molecule has 0 unspecified atom stereocenters. The summed E-state index contributed by atoms with van der Waals surface area (Å²) in [5, 5.41) is 0.473. The summed E-state index contributed by atoms with van der Waals surface area (Å²) in [5.41, 5.74) is 1.20. The van der Waals surface area contributed by atoms with Gasteiger partial charge in [0.2, 0.25) is 10.0 Å². The third-order valence-electron chi connectivity index (χ3n) is 4.06. The number of hydrogen-bond donors (Lipinski definition) is 0. The van der Waals surface area contributed by atoms with Gasteiger partial charge in [0.05, 0.1) is 18.4 Å². The standard InChI is InChI=1S/C16H23ClN2O4S/c1-4-9-24(21,22)19-7-5-18(6-8-19)16(20)14-11-13(17)10-12(2)15(14)23-3/h10-11H,4-9H2,1-3H3. The van der Waals surface area contributed by atoms with Gasteiger partial charge in [0, 0.05) is 31.2 Å². The first-order valence-electron chi connectivity index (χ1n) is 7.91. The lowest BCUT2D eigenvalue weighted by atomic mass is 10.1. The number of benzene rings is 1. The fourth-order valence-corrected chi connectivity index (χ4v) is 4.65. The molecule has 0 N–H and O–H groups in total. The minimum absolute atomic E-state index is 0.141. The molecular formula is C16H23ClN2O4S. The van der Waals surface area contributed by atoms with Gasteiger partial charge >= 0.3 is 0 Å². The Labute approximate surface area is 148 Å². The molecule has 6 nitrogen and oxygen atoms in total. The zero-order chi connectivity index (χ0) is 17.9. The minimum atomic E-state index is -3.22. The first-order valence-corrected chi connectivity index (χ1v) is 9.90. The highest BCUT2D eigenvalue weighted by atomic mass is 35.5. The second-order valence-electron chi connectivity index (χ2n) is 5.81. The molecule has 0 radical (unpaired) electrons. The van der Waals surface area contributed by atoms with Crippen LogP contribution in [0.4, 0.5) is 0 Å². The van der Waals surface area contributed by atoms with E-state index in [4.69, 9.17) is 16.3 Å². The molecule has 0 bridgehead atoms. The second-order valence-corrected chi connectivity index (χ2v) is 8.34. The Balaban J connectivity index is 2.14. The maximum absolute atomic E-state index is 12.8. The second kappa shape index (κ2) is 7.72. The number of methoxy groups -OCH3 is 1. The highest BCUT2D eigenvalue weighted by Crippen LogP contribution is 2.29. The third kappa shape index (κ3) is 4.02. The van der Waals surface area contributed by atoms with Crippen molar-refractivity contribution in [1.29, 1.82) is 0 Å². The number of rotatable bonds is 5. The van der Waals surface area contributed by atoms with Crippen molar-refractivity contribution < 1.29 is 17.9 Å². The zero-order valence-corrected chi connectivity index (χ0v) is 15.8. The molecule has 1 heterocycles. The van der Waals surface area contributed by atoms with E-state index in [0.29, 0.717) is 48.9 Å². The van der Waals surface area contributed by atoms with Crippen LogP contribution < -0.4 is 4.74 Å². The predicted molar refractivity (Wildman–Crippen MR) is 94.3 cm³/mol. The number of ether oxygens (including phenoxy) is 1. The van der Waals surface area contributed by atoms with Gasteiger partial charge in [-0.25, -0.2) is 8.42 Å². The van der Waals surface area contributed by atoms with Crippen LogP contribution in [-0.2, 0) is 10.0 Å². The Bertz CT molecular complexity index is 713. The van der Waals surface area contributed by atoms with Gasteiger partial charge in [0.25, 0.3) is 5.91 Å². The van der Waals surface area contributed by atoms with Crippen LogP contribution in [0.15, 0.2) is 12.1 Å². The molecule has 1 saturated heterocycles. The van der Waals surface area contributed by atoms with Gasteiger partial charge in [0.1, 0.15) is 5.75 Å². The molecule has 1 amide bonds. The maximum Gasteiger partial charge on any atom is 0.257 e. The zero-order valence-electron chi connectivity index (χ0n) is 14.2. The molecule has 1 aliphatic heterocycles. The molecule has 0 atom stereocenters. The van der Waals surface area contributed by atoms with Crippen LogP contribution in [0.25, 0.3) is 0 Å². The lowest BCUT2D eigenvalue weighted by Gasteiger charge is -2.34. The summed E-state index contributed by atoms with van der Waals surface area (Å²) in [5.74, 6) is 0.456. The largest absolute Gasteiger partial charge is 0.496 e. The van der Waals surface area contributed by atoms with Crippen LogP contribution in [0.1, 0.15) is 29.3 Å². The van der Waals surface area contributed by atoms with Crippen LogP contribution in [0.3, 0.4) is 0 Å². The van der Waals surface area contributed by atoms with Gasteiger partial charge in [-0.1, -0.05) is 18.5 Å². The van der Waals surface area contributed by atoms with Crippen molar-refractivity contribution in [3.8, 4) is 5.75 Å². The molecule has 1 aliphatic rings. The lowest BCUT2D eigenvalue weighted by Crippen LogP contribution is -2.51. The van der Waals surface area contributed by atoms with Gasteiger partial charge in [-0.3, -0.25) is 4.79 Å². The maximum atomic E-state index is 12.8. The fourth-order valence-electron chi connectivity index (χ4n) is 2.89. The Hall–Kier alpha value is -1.31. The molecule has 8 heteroatoms. The SMILES string of the molecule is CCCS(=O)(=O)N1CCN(C(=O)c2cc(Cl)cc(C)c2OC)CC1. The van der Waals surface area contributed by atoms with E-state index in [1.54, 1.807) is 17.0 Å². The smallest absolute Gasteiger partial charge is 0.257 e. The Kier molecular flexibility index (Phi) is 6.11. The third-order valence-corrected chi connectivity index (χ3v) is 6.35. The Morgan fingerprint density at radius 3 is 2.42 bits per heavy atom. The summed E-state index contributed by atoms with van der Waals surface area (Å²) >= 11 is 6.07. The summed E-state index contributed by atoms with van der Waals surface area (Å²) in [6.45, 7) is 5.01.